The quantitative estimate of drug-likeness (QED) is 0.773. The number of allylic oxidation sites excluding steroid dienone is 1. The Hall–Kier alpha value is -1.28. The third-order valence-corrected chi connectivity index (χ3v) is 2.90. The van der Waals surface area contributed by atoms with Crippen molar-refractivity contribution in [2.45, 2.75) is 13.8 Å². The zero-order valence-corrected chi connectivity index (χ0v) is 11.5. The molecule has 0 saturated carbocycles. The molecule has 1 aromatic carbocycles. The van der Waals surface area contributed by atoms with Crippen molar-refractivity contribution < 1.29 is 4.74 Å². The first kappa shape index (κ1) is 13.8. The van der Waals surface area contributed by atoms with Crippen molar-refractivity contribution >= 4 is 5.57 Å². The number of rotatable bonds is 5. The van der Waals surface area contributed by atoms with Gasteiger partial charge in [0.25, 0.3) is 0 Å². The lowest BCUT2D eigenvalue weighted by molar-refractivity contribution is 0.374. The maximum Gasteiger partial charge on any atom is 0.126 e. The van der Waals surface area contributed by atoms with Crippen LogP contribution in [0.25, 0.3) is 5.57 Å². The molecule has 0 aliphatic rings. The first-order valence-corrected chi connectivity index (χ1v) is 6.04. The normalized spacial score (nSPS) is 13.9. The minimum absolute atomic E-state index is 0.492. The highest BCUT2D eigenvalue weighted by molar-refractivity contribution is 5.71. The summed E-state index contributed by atoms with van der Waals surface area (Å²) in [4.78, 5) is 2.21. The van der Waals surface area contributed by atoms with Crippen molar-refractivity contribution in [2.75, 3.05) is 27.7 Å². The van der Waals surface area contributed by atoms with E-state index in [1.54, 1.807) is 7.11 Å². The van der Waals surface area contributed by atoms with Gasteiger partial charge in [0.15, 0.2) is 0 Å². The summed E-state index contributed by atoms with van der Waals surface area (Å²) in [5.41, 5.74) is 2.54. The van der Waals surface area contributed by atoms with Gasteiger partial charge in [0.2, 0.25) is 0 Å². The Kier molecular flexibility index (Phi) is 5.23. The molecule has 2 heteroatoms. The van der Waals surface area contributed by atoms with Crippen LogP contribution in [0.2, 0.25) is 0 Å². The summed E-state index contributed by atoms with van der Waals surface area (Å²) in [7, 11) is 5.93. The van der Waals surface area contributed by atoms with Crippen molar-refractivity contribution in [1.82, 2.24) is 4.90 Å². The molecule has 94 valence electrons. The number of benzene rings is 1. The van der Waals surface area contributed by atoms with Crippen molar-refractivity contribution in [1.29, 1.82) is 0 Å². The minimum Gasteiger partial charge on any atom is -0.496 e. The van der Waals surface area contributed by atoms with Crippen LogP contribution < -0.4 is 4.74 Å². The highest BCUT2D eigenvalue weighted by Gasteiger charge is 2.14. The molecule has 17 heavy (non-hydrogen) atoms. The Balaban J connectivity index is 3.02. The zero-order chi connectivity index (χ0) is 12.8. The monoisotopic (exact) mass is 233 g/mol. The molecule has 0 aliphatic heterocycles. The summed E-state index contributed by atoms with van der Waals surface area (Å²) < 4.78 is 5.43. The van der Waals surface area contributed by atoms with Gasteiger partial charge in [-0.2, -0.15) is 0 Å². The smallest absolute Gasteiger partial charge is 0.126 e. The third-order valence-electron chi connectivity index (χ3n) is 2.90. The van der Waals surface area contributed by atoms with Crippen LogP contribution in [-0.4, -0.2) is 32.6 Å². The van der Waals surface area contributed by atoms with Gasteiger partial charge in [-0.1, -0.05) is 31.2 Å². The molecule has 1 rings (SSSR count). The van der Waals surface area contributed by atoms with Crippen molar-refractivity contribution in [2.24, 2.45) is 5.92 Å². The van der Waals surface area contributed by atoms with E-state index in [0.29, 0.717) is 5.92 Å². The molecule has 0 N–H and O–H groups in total. The molecule has 0 amide bonds. The van der Waals surface area contributed by atoms with Gasteiger partial charge in [-0.3, -0.25) is 0 Å². The van der Waals surface area contributed by atoms with Crippen LogP contribution in [0.4, 0.5) is 0 Å². The highest BCUT2D eigenvalue weighted by atomic mass is 16.5. The number of hydrogen-bond donors (Lipinski definition) is 0. The Morgan fingerprint density at radius 3 is 2.53 bits per heavy atom. The molecule has 2 nitrogen and oxygen atoms in total. The predicted octanol–water partition coefficient (Wildman–Crippen LogP) is 3.30. The first-order valence-electron chi connectivity index (χ1n) is 6.04. The van der Waals surface area contributed by atoms with Crippen LogP contribution in [0.15, 0.2) is 30.3 Å². The van der Waals surface area contributed by atoms with Gasteiger partial charge >= 0.3 is 0 Å². The minimum atomic E-state index is 0.492. The van der Waals surface area contributed by atoms with E-state index in [9.17, 15) is 0 Å². The van der Waals surface area contributed by atoms with Gasteiger partial charge in [-0.25, -0.2) is 0 Å². The second-order valence-electron chi connectivity index (χ2n) is 4.61. The SMILES string of the molecule is CC=C(c1ccccc1OC)C(C)CN(C)C. The van der Waals surface area contributed by atoms with E-state index in [1.165, 1.54) is 11.1 Å². The summed E-state index contributed by atoms with van der Waals surface area (Å²) in [6.07, 6.45) is 2.19. The maximum atomic E-state index is 5.43. The number of ether oxygens (including phenoxy) is 1. The van der Waals surface area contributed by atoms with E-state index in [1.807, 2.05) is 12.1 Å². The van der Waals surface area contributed by atoms with Gasteiger partial charge in [0.05, 0.1) is 7.11 Å². The summed E-state index contributed by atoms with van der Waals surface area (Å²) >= 11 is 0. The second kappa shape index (κ2) is 6.45. The molecule has 0 aliphatic carbocycles. The molecule has 0 bridgehead atoms. The third kappa shape index (κ3) is 3.60. The number of methoxy groups -OCH3 is 1. The van der Waals surface area contributed by atoms with Gasteiger partial charge < -0.3 is 9.64 Å². The van der Waals surface area contributed by atoms with E-state index in [0.717, 1.165) is 12.3 Å². The van der Waals surface area contributed by atoms with Gasteiger partial charge in [0.1, 0.15) is 5.75 Å². The fourth-order valence-electron chi connectivity index (χ4n) is 2.23. The highest BCUT2D eigenvalue weighted by Crippen LogP contribution is 2.31. The van der Waals surface area contributed by atoms with E-state index < -0.39 is 0 Å². The average Bonchev–Trinajstić information content (AvgIpc) is 2.29. The molecule has 1 unspecified atom stereocenters. The molecule has 0 spiro atoms. The first-order chi connectivity index (χ1) is 8.10. The van der Waals surface area contributed by atoms with E-state index in [4.69, 9.17) is 4.74 Å². The lowest BCUT2D eigenvalue weighted by atomic mass is 9.92. The summed E-state index contributed by atoms with van der Waals surface area (Å²) in [5.74, 6) is 1.44. The lowest BCUT2D eigenvalue weighted by Gasteiger charge is -2.21. The summed E-state index contributed by atoms with van der Waals surface area (Å²) in [6, 6.07) is 8.21. The fourth-order valence-corrected chi connectivity index (χ4v) is 2.23. The number of nitrogens with zero attached hydrogens (tertiary/aromatic N) is 1. The van der Waals surface area contributed by atoms with Gasteiger partial charge in [-0.15, -0.1) is 0 Å². The molecule has 0 aromatic heterocycles. The van der Waals surface area contributed by atoms with Crippen LogP contribution in [0.5, 0.6) is 5.75 Å². The molecular formula is C15H23NO. The standard InChI is InChI=1S/C15H23NO/c1-6-13(12(2)11-16(3)4)14-9-7-8-10-15(14)17-5/h6-10,12H,11H2,1-5H3. The molecule has 1 atom stereocenters. The number of hydrogen-bond acceptors (Lipinski definition) is 2. The average molecular weight is 233 g/mol. The molecule has 0 heterocycles. The van der Waals surface area contributed by atoms with Gasteiger partial charge in [-0.05, 0) is 38.6 Å². The van der Waals surface area contributed by atoms with Gasteiger partial charge in [0, 0.05) is 12.1 Å². The largest absolute Gasteiger partial charge is 0.496 e. The number of para-hydroxylation sites is 1. The topological polar surface area (TPSA) is 12.5 Å². The van der Waals surface area contributed by atoms with Crippen molar-refractivity contribution in [3.8, 4) is 5.75 Å². The Morgan fingerprint density at radius 2 is 2.00 bits per heavy atom. The fraction of sp³-hybridized carbons (Fsp3) is 0.467. The van der Waals surface area contributed by atoms with E-state index in [-0.39, 0.29) is 0 Å². The maximum absolute atomic E-state index is 5.43. The molecular weight excluding hydrogens is 210 g/mol. The summed E-state index contributed by atoms with van der Waals surface area (Å²) in [6.45, 7) is 5.38. The van der Waals surface area contributed by atoms with E-state index >= 15 is 0 Å². The van der Waals surface area contributed by atoms with Crippen LogP contribution in [0, 0.1) is 5.92 Å². The second-order valence-corrected chi connectivity index (χ2v) is 4.61. The predicted molar refractivity (Wildman–Crippen MR) is 74.4 cm³/mol. The molecule has 0 saturated heterocycles. The van der Waals surface area contributed by atoms with Crippen LogP contribution in [0.3, 0.4) is 0 Å². The van der Waals surface area contributed by atoms with Crippen molar-refractivity contribution in [3.63, 3.8) is 0 Å². The Bertz CT molecular complexity index is 382. The Morgan fingerprint density at radius 1 is 1.35 bits per heavy atom. The van der Waals surface area contributed by atoms with Crippen LogP contribution in [0.1, 0.15) is 19.4 Å². The van der Waals surface area contributed by atoms with Crippen LogP contribution >= 0.6 is 0 Å². The van der Waals surface area contributed by atoms with E-state index in [2.05, 4.69) is 51.1 Å². The summed E-state index contributed by atoms with van der Waals surface area (Å²) in [5, 5.41) is 0. The zero-order valence-electron chi connectivity index (χ0n) is 11.5. The molecule has 0 fully saturated rings. The molecule has 0 radical (unpaired) electrons. The molecule has 1 aromatic rings. The Labute approximate surface area is 105 Å². The van der Waals surface area contributed by atoms with Crippen molar-refractivity contribution in [3.05, 3.63) is 35.9 Å². The lowest BCUT2D eigenvalue weighted by Crippen LogP contribution is -2.20. The van der Waals surface area contributed by atoms with Crippen LogP contribution in [-0.2, 0) is 0 Å².